The lowest BCUT2D eigenvalue weighted by atomic mass is 9.99. The van der Waals surface area contributed by atoms with E-state index in [0.29, 0.717) is 10.2 Å². The fraction of sp³-hybridized carbons (Fsp3) is 0.500. The molecule has 0 saturated carbocycles. The van der Waals surface area contributed by atoms with Gasteiger partial charge in [-0.15, -0.1) is 0 Å². The molecule has 1 rings (SSSR count). The van der Waals surface area contributed by atoms with Gasteiger partial charge in [0, 0.05) is 16.5 Å². The van der Waals surface area contributed by atoms with Crippen molar-refractivity contribution in [3.63, 3.8) is 0 Å². The van der Waals surface area contributed by atoms with Crippen molar-refractivity contribution in [1.29, 1.82) is 0 Å². The molecule has 19 heavy (non-hydrogen) atoms. The van der Waals surface area contributed by atoms with Crippen molar-refractivity contribution in [1.82, 2.24) is 0 Å². The second-order valence-electron chi connectivity index (χ2n) is 4.75. The van der Waals surface area contributed by atoms with Gasteiger partial charge in [-0.25, -0.2) is 17.9 Å². The highest BCUT2D eigenvalue weighted by molar-refractivity contribution is 9.10. The number of primary sulfonamides is 1. The van der Waals surface area contributed by atoms with Crippen molar-refractivity contribution in [2.24, 2.45) is 17.0 Å². The highest BCUT2D eigenvalue weighted by Crippen LogP contribution is 2.22. The molecule has 1 atom stereocenters. The normalized spacial score (nSPS) is 13.6. The zero-order valence-electron chi connectivity index (χ0n) is 10.8. The Morgan fingerprint density at radius 3 is 2.47 bits per heavy atom. The van der Waals surface area contributed by atoms with E-state index in [-0.39, 0.29) is 24.2 Å². The third-order valence-corrected chi connectivity index (χ3v) is 4.04. The Morgan fingerprint density at radius 1 is 1.37 bits per heavy atom. The average Bonchev–Trinajstić information content (AvgIpc) is 2.20. The van der Waals surface area contributed by atoms with E-state index in [1.54, 1.807) is 6.07 Å². The van der Waals surface area contributed by atoms with Gasteiger partial charge in [0.2, 0.25) is 10.0 Å². The van der Waals surface area contributed by atoms with Crippen LogP contribution in [0.4, 0.5) is 4.39 Å². The topological polar surface area (TPSA) is 69.4 Å². The monoisotopic (exact) mass is 353 g/mol. The van der Waals surface area contributed by atoms with Gasteiger partial charge < -0.3 is 4.74 Å². The molecule has 1 unspecified atom stereocenters. The summed E-state index contributed by atoms with van der Waals surface area (Å²) in [6.07, 6.45) is 0. The van der Waals surface area contributed by atoms with E-state index < -0.39 is 15.8 Å². The fourth-order valence-electron chi connectivity index (χ4n) is 1.55. The van der Waals surface area contributed by atoms with Crippen LogP contribution < -0.4 is 9.88 Å². The summed E-state index contributed by atoms with van der Waals surface area (Å²) in [5.74, 6) is -0.363. The summed E-state index contributed by atoms with van der Waals surface area (Å²) in [6.45, 7) is 3.95. The highest BCUT2D eigenvalue weighted by Gasteiger charge is 2.20. The lowest BCUT2D eigenvalue weighted by Crippen LogP contribution is -2.30. The molecule has 0 spiro atoms. The van der Waals surface area contributed by atoms with Crippen LogP contribution in [0.5, 0.6) is 5.75 Å². The molecule has 0 amide bonds. The average molecular weight is 354 g/mol. The summed E-state index contributed by atoms with van der Waals surface area (Å²) >= 11 is 3.16. The van der Waals surface area contributed by atoms with Gasteiger partial charge in [-0.05, 0) is 18.1 Å². The zero-order chi connectivity index (χ0) is 14.6. The smallest absolute Gasteiger partial charge is 0.209 e. The summed E-state index contributed by atoms with van der Waals surface area (Å²) in [5.41, 5.74) is 0. The molecule has 0 radical (unpaired) electrons. The van der Waals surface area contributed by atoms with E-state index in [0.717, 1.165) is 0 Å². The number of nitrogens with two attached hydrogens (primary N) is 1. The second-order valence-corrected chi connectivity index (χ2v) is 7.32. The summed E-state index contributed by atoms with van der Waals surface area (Å²) in [4.78, 5) is 0. The predicted octanol–water partition coefficient (Wildman–Crippen LogP) is 2.53. The number of sulfonamides is 1. The lowest BCUT2D eigenvalue weighted by molar-refractivity contribution is 0.224. The van der Waals surface area contributed by atoms with Gasteiger partial charge >= 0.3 is 0 Å². The number of hydrogen-bond donors (Lipinski definition) is 1. The molecule has 0 aliphatic heterocycles. The quantitative estimate of drug-likeness (QED) is 0.854. The van der Waals surface area contributed by atoms with Crippen LogP contribution in [0.25, 0.3) is 0 Å². The van der Waals surface area contributed by atoms with Gasteiger partial charge in [0.15, 0.2) is 0 Å². The molecule has 108 valence electrons. The number of hydrogen-bond acceptors (Lipinski definition) is 3. The lowest BCUT2D eigenvalue weighted by Gasteiger charge is -2.20. The number of benzene rings is 1. The van der Waals surface area contributed by atoms with Crippen LogP contribution in [0.3, 0.4) is 0 Å². The van der Waals surface area contributed by atoms with Crippen LogP contribution in [0.1, 0.15) is 13.8 Å². The third-order valence-electron chi connectivity index (χ3n) is 2.69. The molecule has 0 saturated heterocycles. The molecule has 0 aromatic heterocycles. The molecule has 1 aromatic carbocycles. The molecule has 0 heterocycles. The van der Waals surface area contributed by atoms with Gasteiger partial charge in [-0.2, -0.15) is 0 Å². The Bertz CT molecular complexity index is 514. The van der Waals surface area contributed by atoms with Crippen LogP contribution in [0.15, 0.2) is 22.7 Å². The van der Waals surface area contributed by atoms with Crippen molar-refractivity contribution < 1.29 is 17.5 Å². The van der Waals surface area contributed by atoms with Crippen LogP contribution in [0.2, 0.25) is 0 Å². The molecule has 0 aliphatic rings. The number of halogens is 2. The number of rotatable bonds is 6. The molecule has 7 heteroatoms. The van der Waals surface area contributed by atoms with Gasteiger partial charge in [0.05, 0.1) is 12.4 Å². The number of ether oxygens (including phenoxy) is 1. The Balaban J connectivity index is 2.71. The first kappa shape index (κ1) is 16.4. The third kappa shape index (κ3) is 6.35. The zero-order valence-corrected chi connectivity index (χ0v) is 13.2. The van der Waals surface area contributed by atoms with Gasteiger partial charge in [0.25, 0.3) is 0 Å². The Kier molecular flexibility index (Phi) is 5.76. The second kappa shape index (κ2) is 6.67. The minimum atomic E-state index is -3.55. The molecular weight excluding hydrogens is 337 g/mol. The van der Waals surface area contributed by atoms with Crippen LogP contribution in [-0.2, 0) is 10.0 Å². The van der Waals surface area contributed by atoms with E-state index in [1.807, 2.05) is 13.8 Å². The maximum absolute atomic E-state index is 13.2. The SMILES string of the molecule is CC(C)C(COc1cc(F)cc(Br)c1)CS(N)(=O)=O. The van der Waals surface area contributed by atoms with Crippen molar-refractivity contribution in [3.8, 4) is 5.75 Å². The molecular formula is C12H17BrFNO3S. The fourth-order valence-corrected chi connectivity index (χ4v) is 3.07. The Morgan fingerprint density at radius 2 is 2.00 bits per heavy atom. The molecule has 2 N–H and O–H groups in total. The summed E-state index contributed by atoms with van der Waals surface area (Å²) in [6, 6.07) is 4.19. The summed E-state index contributed by atoms with van der Waals surface area (Å²) in [5, 5.41) is 5.04. The van der Waals surface area contributed by atoms with Gasteiger partial charge in [-0.3, -0.25) is 0 Å². The van der Waals surface area contributed by atoms with Crippen LogP contribution in [0, 0.1) is 17.7 Å². The van der Waals surface area contributed by atoms with E-state index in [1.165, 1.54) is 12.1 Å². The van der Waals surface area contributed by atoms with Crippen molar-refractivity contribution >= 4 is 26.0 Å². The van der Waals surface area contributed by atoms with Crippen molar-refractivity contribution in [2.75, 3.05) is 12.4 Å². The van der Waals surface area contributed by atoms with E-state index >= 15 is 0 Å². The largest absolute Gasteiger partial charge is 0.493 e. The first-order valence-corrected chi connectivity index (χ1v) is 8.27. The molecule has 4 nitrogen and oxygen atoms in total. The predicted molar refractivity (Wildman–Crippen MR) is 75.9 cm³/mol. The highest BCUT2D eigenvalue weighted by atomic mass is 79.9. The molecule has 0 bridgehead atoms. The van der Waals surface area contributed by atoms with Crippen LogP contribution >= 0.6 is 15.9 Å². The Labute approximate surface area is 121 Å². The summed E-state index contributed by atoms with van der Waals surface area (Å²) < 4.78 is 41.4. The maximum Gasteiger partial charge on any atom is 0.209 e. The summed E-state index contributed by atoms with van der Waals surface area (Å²) in [7, 11) is -3.55. The first-order chi connectivity index (χ1) is 8.67. The standard InChI is InChI=1S/C12H17BrFNO3S/c1-8(2)9(7-19(15,16)17)6-18-12-4-10(13)3-11(14)5-12/h3-5,8-9H,6-7H2,1-2H3,(H2,15,16,17). The van der Waals surface area contributed by atoms with Crippen LogP contribution in [-0.4, -0.2) is 20.8 Å². The van der Waals surface area contributed by atoms with Crippen molar-refractivity contribution in [2.45, 2.75) is 13.8 Å². The van der Waals surface area contributed by atoms with Crippen molar-refractivity contribution in [3.05, 3.63) is 28.5 Å². The van der Waals surface area contributed by atoms with Gasteiger partial charge in [-0.1, -0.05) is 29.8 Å². The van der Waals surface area contributed by atoms with Gasteiger partial charge in [0.1, 0.15) is 11.6 Å². The molecule has 1 aromatic rings. The molecule has 0 aliphatic carbocycles. The van der Waals surface area contributed by atoms with E-state index in [4.69, 9.17) is 9.88 Å². The maximum atomic E-state index is 13.2. The van der Waals surface area contributed by atoms with E-state index in [9.17, 15) is 12.8 Å². The minimum absolute atomic E-state index is 0.0929. The minimum Gasteiger partial charge on any atom is -0.493 e. The molecule has 0 fully saturated rings. The van der Waals surface area contributed by atoms with E-state index in [2.05, 4.69) is 15.9 Å². The Hall–Kier alpha value is -0.660. The first-order valence-electron chi connectivity index (χ1n) is 5.77.